The Morgan fingerprint density at radius 2 is 1.33 bits per heavy atom. The maximum absolute atomic E-state index is 13.4. The van der Waals surface area contributed by atoms with Crippen LogP contribution in [0.3, 0.4) is 0 Å². The van der Waals surface area contributed by atoms with Crippen molar-refractivity contribution in [2.75, 3.05) is 0 Å². The molecule has 0 fully saturated rings. The Hall–Kier alpha value is -3.66. The Morgan fingerprint density at radius 3 is 1.96 bits per heavy atom. The quantitative estimate of drug-likeness (QED) is 0.598. The van der Waals surface area contributed by atoms with E-state index in [0.29, 0.717) is 17.9 Å². The van der Waals surface area contributed by atoms with Crippen LogP contribution in [0, 0.1) is 0 Å². The molecular formula is C23H18N2O2. The van der Waals surface area contributed by atoms with Gasteiger partial charge in [-0.25, -0.2) is 0 Å². The summed E-state index contributed by atoms with van der Waals surface area (Å²) in [6, 6.07) is 28.4. The highest BCUT2D eigenvalue weighted by Crippen LogP contribution is 2.24. The topological polar surface area (TPSA) is 55.1 Å². The molecule has 4 heteroatoms. The van der Waals surface area contributed by atoms with Gasteiger partial charge in [-0.05, 0) is 17.7 Å². The third-order valence-corrected chi connectivity index (χ3v) is 4.42. The molecule has 4 rings (SSSR count). The zero-order chi connectivity index (χ0) is 18.6. The Morgan fingerprint density at radius 1 is 0.778 bits per heavy atom. The van der Waals surface area contributed by atoms with Crippen LogP contribution in [-0.2, 0) is 6.42 Å². The molecule has 0 aliphatic carbocycles. The number of para-hydroxylation sites is 1. The molecule has 0 bridgehead atoms. The van der Waals surface area contributed by atoms with Crippen LogP contribution < -0.4 is 5.56 Å². The Bertz CT molecular complexity index is 1110. The molecule has 0 aliphatic heterocycles. The molecule has 132 valence electrons. The van der Waals surface area contributed by atoms with Gasteiger partial charge in [0.15, 0.2) is 5.82 Å². The van der Waals surface area contributed by atoms with Crippen LogP contribution in [0.15, 0.2) is 95.8 Å². The summed E-state index contributed by atoms with van der Waals surface area (Å²) in [6.45, 7) is 0. The van der Waals surface area contributed by atoms with Gasteiger partial charge in [0.25, 0.3) is 5.56 Å². The van der Waals surface area contributed by atoms with E-state index < -0.39 is 0 Å². The monoisotopic (exact) mass is 354 g/mol. The molecule has 4 nitrogen and oxygen atoms in total. The highest BCUT2D eigenvalue weighted by Gasteiger charge is 2.18. The number of hydrogen-bond acceptors (Lipinski definition) is 3. The number of hydrogen-bond donors (Lipinski definition) is 1. The molecule has 0 amide bonds. The largest absolute Gasteiger partial charge is 0.493 e. The van der Waals surface area contributed by atoms with Crippen LogP contribution in [0.5, 0.6) is 5.88 Å². The minimum atomic E-state index is -0.267. The summed E-state index contributed by atoms with van der Waals surface area (Å²) < 4.78 is 1.56. The van der Waals surface area contributed by atoms with E-state index in [9.17, 15) is 9.90 Å². The molecule has 3 aromatic carbocycles. The first-order chi connectivity index (χ1) is 13.2. The van der Waals surface area contributed by atoms with Crippen molar-refractivity contribution >= 4 is 0 Å². The summed E-state index contributed by atoms with van der Waals surface area (Å²) in [4.78, 5) is 17.7. The minimum Gasteiger partial charge on any atom is -0.493 e. The molecule has 27 heavy (non-hydrogen) atoms. The van der Waals surface area contributed by atoms with Gasteiger partial charge >= 0.3 is 0 Å². The van der Waals surface area contributed by atoms with Crippen LogP contribution in [-0.4, -0.2) is 14.7 Å². The molecule has 1 aromatic heterocycles. The van der Waals surface area contributed by atoms with Crippen molar-refractivity contribution in [1.29, 1.82) is 0 Å². The minimum absolute atomic E-state index is 0.227. The van der Waals surface area contributed by atoms with Crippen LogP contribution in [0.4, 0.5) is 0 Å². The molecule has 0 saturated carbocycles. The third kappa shape index (κ3) is 3.37. The van der Waals surface area contributed by atoms with Gasteiger partial charge in [-0.15, -0.1) is 0 Å². The van der Waals surface area contributed by atoms with E-state index in [1.807, 2.05) is 91.0 Å². The van der Waals surface area contributed by atoms with E-state index in [1.165, 1.54) is 0 Å². The maximum Gasteiger partial charge on any atom is 0.265 e. The zero-order valence-corrected chi connectivity index (χ0v) is 14.6. The van der Waals surface area contributed by atoms with Gasteiger partial charge in [0, 0.05) is 12.0 Å². The molecule has 4 aromatic rings. The smallest absolute Gasteiger partial charge is 0.265 e. The Balaban J connectivity index is 1.95. The lowest BCUT2D eigenvalue weighted by atomic mass is 10.1. The fourth-order valence-corrected chi connectivity index (χ4v) is 3.10. The molecule has 1 N–H and O–H groups in total. The van der Waals surface area contributed by atoms with Gasteiger partial charge in [0.2, 0.25) is 5.88 Å². The average molecular weight is 354 g/mol. The highest BCUT2D eigenvalue weighted by molar-refractivity contribution is 5.59. The normalized spacial score (nSPS) is 10.7. The molecule has 1 heterocycles. The third-order valence-electron chi connectivity index (χ3n) is 4.42. The summed E-state index contributed by atoms with van der Waals surface area (Å²) in [5.41, 5.74) is 2.43. The number of aromatic nitrogens is 2. The molecule has 0 spiro atoms. The lowest BCUT2D eigenvalue weighted by Crippen LogP contribution is -2.25. The first kappa shape index (κ1) is 16.8. The van der Waals surface area contributed by atoms with Crippen LogP contribution in [0.2, 0.25) is 0 Å². The average Bonchev–Trinajstić information content (AvgIpc) is 2.73. The van der Waals surface area contributed by atoms with Crippen molar-refractivity contribution in [2.24, 2.45) is 0 Å². The predicted molar refractivity (Wildman–Crippen MR) is 106 cm³/mol. The second-order valence-electron chi connectivity index (χ2n) is 6.24. The second kappa shape index (κ2) is 7.30. The second-order valence-corrected chi connectivity index (χ2v) is 6.24. The summed E-state index contributed by atoms with van der Waals surface area (Å²) in [6.07, 6.45) is 0.320. The molecule has 0 aliphatic rings. The number of nitrogens with zero attached hydrogens (tertiary/aromatic N) is 2. The molecule has 0 unspecified atom stereocenters. The van der Waals surface area contributed by atoms with Crippen molar-refractivity contribution in [1.82, 2.24) is 9.55 Å². The van der Waals surface area contributed by atoms with Crippen LogP contribution >= 0.6 is 0 Å². The van der Waals surface area contributed by atoms with E-state index in [1.54, 1.807) is 4.57 Å². The van der Waals surface area contributed by atoms with Gasteiger partial charge in [-0.2, -0.15) is 4.98 Å². The van der Waals surface area contributed by atoms with E-state index in [2.05, 4.69) is 4.98 Å². The SMILES string of the molecule is O=c1c(Cc2ccccc2)c(O)nc(-c2ccccc2)n1-c1ccccc1. The standard InChI is InChI=1S/C23H18N2O2/c26-22-20(16-17-10-4-1-5-11-17)23(27)25(19-14-8-3-9-15-19)21(24-22)18-12-6-2-7-13-18/h1-15,26H,16H2. The van der Waals surface area contributed by atoms with Gasteiger partial charge in [0.1, 0.15) is 0 Å². The summed E-state index contributed by atoms with van der Waals surface area (Å²) >= 11 is 0. The lowest BCUT2D eigenvalue weighted by Gasteiger charge is -2.15. The summed E-state index contributed by atoms with van der Waals surface area (Å²) in [5.74, 6) is 0.191. The molecule has 0 saturated heterocycles. The van der Waals surface area contributed by atoms with Crippen molar-refractivity contribution in [3.05, 3.63) is 112 Å². The fraction of sp³-hybridized carbons (Fsp3) is 0.0435. The Labute approximate surface area is 157 Å². The zero-order valence-electron chi connectivity index (χ0n) is 14.6. The van der Waals surface area contributed by atoms with Crippen LogP contribution in [0.1, 0.15) is 11.1 Å². The Kier molecular flexibility index (Phi) is 4.54. The summed E-state index contributed by atoms with van der Waals surface area (Å²) in [5, 5.41) is 10.5. The van der Waals surface area contributed by atoms with E-state index >= 15 is 0 Å². The maximum atomic E-state index is 13.4. The van der Waals surface area contributed by atoms with Gasteiger partial charge in [-0.3, -0.25) is 9.36 Å². The van der Waals surface area contributed by atoms with Crippen LogP contribution in [0.25, 0.3) is 17.1 Å². The van der Waals surface area contributed by atoms with Gasteiger partial charge < -0.3 is 5.11 Å². The fourth-order valence-electron chi connectivity index (χ4n) is 3.10. The highest BCUT2D eigenvalue weighted by atomic mass is 16.3. The van der Waals surface area contributed by atoms with Crippen molar-refractivity contribution in [3.8, 4) is 23.0 Å². The van der Waals surface area contributed by atoms with Gasteiger partial charge in [0.05, 0.1) is 11.3 Å². The first-order valence-corrected chi connectivity index (χ1v) is 8.73. The van der Waals surface area contributed by atoms with Crippen molar-refractivity contribution < 1.29 is 5.11 Å². The van der Waals surface area contributed by atoms with Crippen molar-refractivity contribution in [2.45, 2.75) is 6.42 Å². The number of benzene rings is 3. The van der Waals surface area contributed by atoms with E-state index in [-0.39, 0.29) is 17.0 Å². The molecule has 0 radical (unpaired) electrons. The first-order valence-electron chi connectivity index (χ1n) is 8.73. The van der Waals surface area contributed by atoms with E-state index in [4.69, 9.17) is 0 Å². The lowest BCUT2D eigenvalue weighted by molar-refractivity contribution is 0.443. The van der Waals surface area contributed by atoms with E-state index in [0.717, 1.165) is 11.1 Å². The van der Waals surface area contributed by atoms with Gasteiger partial charge in [-0.1, -0.05) is 78.9 Å². The molecular weight excluding hydrogens is 336 g/mol. The summed E-state index contributed by atoms with van der Waals surface area (Å²) in [7, 11) is 0. The number of aromatic hydroxyl groups is 1. The molecule has 0 atom stereocenters. The van der Waals surface area contributed by atoms with Crippen molar-refractivity contribution in [3.63, 3.8) is 0 Å². The number of rotatable bonds is 4. The predicted octanol–water partition coefficient (Wildman–Crippen LogP) is 4.20.